The molecule has 4 rings (SSSR count). The van der Waals surface area contributed by atoms with Crippen LogP contribution in [0.25, 0.3) is 0 Å². The molecule has 1 fully saturated rings. The molecular weight excluding hydrogens is 516 g/mol. The Morgan fingerprint density at radius 1 is 0.800 bits per heavy atom. The number of hydrogen-bond acceptors (Lipinski definition) is 5. The Morgan fingerprint density at radius 2 is 1.30 bits per heavy atom. The summed E-state index contributed by atoms with van der Waals surface area (Å²) in [5, 5.41) is 2.41. The SMILES string of the molecule is COc1ccc(CO[C@@H](C)[C@H]2C[C@@H]([C@@H](C)O[Si](c3ccccc3)(c3ccccc3)C(C)(C)C)OC(C)(C)O2)cc1. The van der Waals surface area contributed by atoms with E-state index in [1.807, 2.05) is 38.1 Å². The van der Waals surface area contributed by atoms with Crippen molar-refractivity contribution in [1.82, 2.24) is 0 Å². The summed E-state index contributed by atoms with van der Waals surface area (Å²) in [5.74, 6) is 0.0815. The van der Waals surface area contributed by atoms with Gasteiger partial charge in [0, 0.05) is 6.42 Å². The van der Waals surface area contributed by atoms with Crippen molar-refractivity contribution in [2.24, 2.45) is 0 Å². The van der Waals surface area contributed by atoms with Gasteiger partial charge in [-0.15, -0.1) is 0 Å². The van der Waals surface area contributed by atoms with Crippen LogP contribution in [0, 0.1) is 0 Å². The molecule has 5 nitrogen and oxygen atoms in total. The van der Waals surface area contributed by atoms with Crippen molar-refractivity contribution in [3.63, 3.8) is 0 Å². The maximum absolute atomic E-state index is 7.39. The van der Waals surface area contributed by atoms with E-state index in [0.29, 0.717) is 13.0 Å². The first-order valence-electron chi connectivity index (χ1n) is 14.3. The topological polar surface area (TPSA) is 46.2 Å². The zero-order chi connectivity index (χ0) is 29.0. The van der Waals surface area contributed by atoms with Crippen LogP contribution in [0.4, 0.5) is 0 Å². The normalized spacial score (nSPS) is 21.0. The fourth-order valence-corrected chi connectivity index (χ4v) is 10.5. The first-order chi connectivity index (χ1) is 18.9. The van der Waals surface area contributed by atoms with Crippen molar-refractivity contribution in [3.05, 3.63) is 90.5 Å². The van der Waals surface area contributed by atoms with E-state index in [0.717, 1.165) is 11.3 Å². The fourth-order valence-electron chi connectivity index (χ4n) is 5.76. The van der Waals surface area contributed by atoms with Gasteiger partial charge in [0.15, 0.2) is 5.79 Å². The van der Waals surface area contributed by atoms with Crippen LogP contribution in [0.1, 0.15) is 60.5 Å². The van der Waals surface area contributed by atoms with Gasteiger partial charge < -0.3 is 23.4 Å². The van der Waals surface area contributed by atoms with E-state index in [1.54, 1.807) is 7.11 Å². The van der Waals surface area contributed by atoms with Gasteiger partial charge in [-0.2, -0.15) is 0 Å². The molecule has 3 aromatic carbocycles. The molecule has 0 aromatic heterocycles. The Balaban J connectivity index is 1.57. The molecular formula is C34H46O5Si. The standard InChI is InChI=1S/C34H46O5Si/c1-25(36-24-27-19-21-28(35-8)22-20-27)31-23-32(38-34(6,7)37-31)26(2)39-40(33(3,4)5,29-15-11-9-12-16-29)30-17-13-10-14-18-30/h9-22,25-26,31-32H,23-24H2,1-8H3/t25-,26+,31+,32-/m0/s1. The van der Waals surface area contributed by atoms with Crippen molar-refractivity contribution >= 4 is 18.7 Å². The van der Waals surface area contributed by atoms with E-state index in [4.69, 9.17) is 23.4 Å². The molecule has 0 unspecified atom stereocenters. The van der Waals surface area contributed by atoms with Crippen molar-refractivity contribution in [2.45, 2.75) is 96.7 Å². The lowest BCUT2D eigenvalue weighted by atomic mass is 10.0. The Labute approximate surface area is 241 Å². The number of ether oxygens (including phenoxy) is 4. The molecule has 1 saturated heterocycles. The quantitative estimate of drug-likeness (QED) is 0.265. The molecule has 0 bridgehead atoms. The number of rotatable bonds is 10. The largest absolute Gasteiger partial charge is 0.497 e. The third-order valence-electron chi connectivity index (χ3n) is 7.83. The third kappa shape index (κ3) is 6.86. The molecule has 4 atom stereocenters. The molecule has 0 amide bonds. The van der Waals surface area contributed by atoms with Crippen molar-refractivity contribution < 1.29 is 23.4 Å². The van der Waals surface area contributed by atoms with Gasteiger partial charge in [-0.3, -0.25) is 0 Å². The molecule has 0 radical (unpaired) electrons. The second kappa shape index (κ2) is 12.6. The Hall–Kier alpha value is -2.48. The predicted octanol–water partition coefficient (Wildman–Crippen LogP) is 6.48. The average Bonchev–Trinajstić information content (AvgIpc) is 2.94. The minimum absolute atomic E-state index is 0.112. The Morgan fingerprint density at radius 3 is 1.77 bits per heavy atom. The zero-order valence-corrected chi connectivity index (χ0v) is 26.3. The van der Waals surface area contributed by atoms with Gasteiger partial charge in [-0.25, -0.2) is 0 Å². The summed E-state index contributed by atoms with van der Waals surface area (Å²) < 4.78 is 31.9. The minimum Gasteiger partial charge on any atom is -0.497 e. The maximum atomic E-state index is 7.39. The Bertz CT molecular complexity index is 1150. The molecule has 3 aromatic rings. The molecule has 6 heteroatoms. The third-order valence-corrected chi connectivity index (χ3v) is 13.0. The van der Waals surface area contributed by atoms with E-state index >= 15 is 0 Å². The van der Waals surface area contributed by atoms with Gasteiger partial charge in [0.1, 0.15) is 5.75 Å². The summed E-state index contributed by atoms with van der Waals surface area (Å²) in [5.41, 5.74) is 1.10. The van der Waals surface area contributed by atoms with Crippen molar-refractivity contribution in [2.75, 3.05) is 7.11 Å². The lowest BCUT2D eigenvalue weighted by Crippen LogP contribution is -2.68. The van der Waals surface area contributed by atoms with Crippen LogP contribution in [0.15, 0.2) is 84.9 Å². The Kier molecular flexibility index (Phi) is 9.58. The van der Waals surface area contributed by atoms with Crippen LogP contribution in [0.5, 0.6) is 5.75 Å². The lowest BCUT2D eigenvalue weighted by Gasteiger charge is -2.49. The summed E-state index contributed by atoms with van der Waals surface area (Å²) in [6.45, 7) is 15.6. The fraction of sp³-hybridized carbons (Fsp3) is 0.471. The highest BCUT2D eigenvalue weighted by atomic mass is 28.4. The smallest absolute Gasteiger partial charge is 0.261 e. The van der Waals surface area contributed by atoms with E-state index < -0.39 is 14.1 Å². The number of benzene rings is 3. The molecule has 0 aliphatic carbocycles. The summed E-state index contributed by atoms with van der Waals surface area (Å²) in [6, 6.07) is 29.5. The van der Waals surface area contributed by atoms with Gasteiger partial charge >= 0.3 is 0 Å². The van der Waals surface area contributed by atoms with E-state index in [1.165, 1.54) is 10.4 Å². The first kappa shape index (κ1) is 30.5. The zero-order valence-electron chi connectivity index (χ0n) is 25.3. The highest BCUT2D eigenvalue weighted by molar-refractivity contribution is 6.99. The molecule has 1 aliphatic rings. The van der Waals surface area contributed by atoms with E-state index in [-0.39, 0.29) is 29.5 Å². The average molecular weight is 563 g/mol. The summed E-state index contributed by atoms with van der Waals surface area (Å²) in [7, 11) is -1.05. The van der Waals surface area contributed by atoms with Gasteiger partial charge in [0.25, 0.3) is 8.32 Å². The van der Waals surface area contributed by atoms with E-state index in [2.05, 4.69) is 95.3 Å². The molecule has 1 heterocycles. The summed E-state index contributed by atoms with van der Waals surface area (Å²) in [6.07, 6.45) is 0.130. The van der Waals surface area contributed by atoms with Crippen LogP contribution in [0.2, 0.25) is 5.04 Å². The molecule has 216 valence electrons. The predicted molar refractivity (Wildman–Crippen MR) is 164 cm³/mol. The van der Waals surface area contributed by atoms with Crippen LogP contribution >= 0.6 is 0 Å². The van der Waals surface area contributed by atoms with E-state index in [9.17, 15) is 0 Å². The van der Waals surface area contributed by atoms with Gasteiger partial charge in [-0.1, -0.05) is 93.6 Å². The molecule has 1 aliphatic heterocycles. The highest BCUT2D eigenvalue weighted by Crippen LogP contribution is 2.39. The van der Waals surface area contributed by atoms with Gasteiger partial charge in [0.2, 0.25) is 0 Å². The monoisotopic (exact) mass is 562 g/mol. The maximum Gasteiger partial charge on any atom is 0.261 e. The highest BCUT2D eigenvalue weighted by Gasteiger charge is 2.52. The summed E-state index contributed by atoms with van der Waals surface area (Å²) in [4.78, 5) is 0. The van der Waals surface area contributed by atoms with Gasteiger partial charge in [0.05, 0.1) is 38.1 Å². The molecule has 0 N–H and O–H groups in total. The first-order valence-corrected chi connectivity index (χ1v) is 16.2. The van der Waals surface area contributed by atoms with Crippen LogP contribution in [-0.4, -0.2) is 45.6 Å². The molecule has 40 heavy (non-hydrogen) atoms. The molecule has 0 spiro atoms. The minimum atomic E-state index is -2.72. The van der Waals surface area contributed by atoms with Crippen LogP contribution < -0.4 is 15.1 Å². The van der Waals surface area contributed by atoms with Crippen LogP contribution in [0.3, 0.4) is 0 Å². The van der Waals surface area contributed by atoms with Gasteiger partial charge in [-0.05, 0) is 60.8 Å². The number of hydrogen-bond donors (Lipinski definition) is 0. The van der Waals surface area contributed by atoms with Crippen molar-refractivity contribution in [3.8, 4) is 5.75 Å². The van der Waals surface area contributed by atoms with Crippen LogP contribution in [-0.2, 0) is 25.2 Å². The second-order valence-electron chi connectivity index (χ2n) is 12.3. The number of methoxy groups -OCH3 is 1. The molecule has 0 saturated carbocycles. The van der Waals surface area contributed by atoms with Crippen molar-refractivity contribution in [1.29, 1.82) is 0 Å². The second-order valence-corrected chi connectivity index (χ2v) is 16.6. The summed E-state index contributed by atoms with van der Waals surface area (Å²) >= 11 is 0. The lowest BCUT2D eigenvalue weighted by molar-refractivity contribution is -0.324.